The van der Waals surface area contributed by atoms with Crippen LogP contribution >= 0.6 is 35.6 Å². The van der Waals surface area contributed by atoms with Crippen molar-refractivity contribution in [2.24, 2.45) is 4.99 Å². The largest absolute Gasteiger partial charge is 0.382 e. The topological polar surface area (TPSA) is 48.9 Å². The number of ether oxygens (including phenoxy) is 1. The molecule has 1 saturated heterocycles. The molecule has 24 heavy (non-hydrogen) atoms. The van der Waals surface area contributed by atoms with Gasteiger partial charge in [-0.2, -0.15) is 0 Å². The third-order valence-electron chi connectivity index (χ3n) is 3.89. The molecule has 5 nitrogen and oxygen atoms in total. The van der Waals surface area contributed by atoms with Crippen LogP contribution in [0.15, 0.2) is 29.3 Å². The Kier molecular flexibility index (Phi) is 10.4. The Morgan fingerprint density at radius 1 is 1.46 bits per heavy atom. The van der Waals surface area contributed by atoms with Crippen molar-refractivity contribution in [1.29, 1.82) is 0 Å². The van der Waals surface area contributed by atoms with Crippen molar-refractivity contribution in [2.75, 3.05) is 44.8 Å². The van der Waals surface area contributed by atoms with Crippen molar-refractivity contribution in [1.82, 2.24) is 10.6 Å². The number of rotatable bonds is 7. The molecule has 0 saturated carbocycles. The molecular weight excluding hydrogens is 439 g/mol. The molecular formula is C17H28ClIN4O. The van der Waals surface area contributed by atoms with Crippen molar-refractivity contribution >= 4 is 47.2 Å². The molecule has 0 spiro atoms. The summed E-state index contributed by atoms with van der Waals surface area (Å²) in [7, 11) is 1.81. The van der Waals surface area contributed by atoms with Gasteiger partial charge in [0.15, 0.2) is 5.96 Å². The first-order chi connectivity index (χ1) is 11.2. The maximum Gasteiger partial charge on any atom is 0.191 e. The normalized spacial score (nSPS) is 17.5. The lowest BCUT2D eigenvalue weighted by atomic mass is 10.2. The van der Waals surface area contributed by atoms with Gasteiger partial charge in [0, 0.05) is 56.6 Å². The van der Waals surface area contributed by atoms with Crippen LogP contribution in [0, 0.1) is 0 Å². The van der Waals surface area contributed by atoms with E-state index in [4.69, 9.17) is 16.3 Å². The first-order valence-electron chi connectivity index (χ1n) is 8.28. The molecule has 7 heteroatoms. The zero-order valence-corrected chi connectivity index (χ0v) is 17.5. The van der Waals surface area contributed by atoms with Crippen molar-refractivity contribution < 1.29 is 4.74 Å². The van der Waals surface area contributed by atoms with Crippen LogP contribution in [0.3, 0.4) is 0 Å². The molecule has 1 aromatic carbocycles. The first-order valence-corrected chi connectivity index (χ1v) is 8.66. The minimum atomic E-state index is 0. The van der Waals surface area contributed by atoms with Crippen LogP contribution in [0.1, 0.15) is 19.8 Å². The summed E-state index contributed by atoms with van der Waals surface area (Å²) < 4.78 is 5.34. The number of nitrogens with zero attached hydrogens (tertiary/aromatic N) is 2. The van der Waals surface area contributed by atoms with Gasteiger partial charge in [-0.25, -0.2) is 0 Å². The number of halogens is 2. The van der Waals surface area contributed by atoms with E-state index >= 15 is 0 Å². The monoisotopic (exact) mass is 466 g/mol. The summed E-state index contributed by atoms with van der Waals surface area (Å²) in [6.07, 6.45) is 2.07. The number of guanidine groups is 1. The highest BCUT2D eigenvalue weighted by Gasteiger charge is 2.23. The van der Waals surface area contributed by atoms with E-state index in [2.05, 4.69) is 26.6 Å². The molecule has 0 amide bonds. The van der Waals surface area contributed by atoms with Gasteiger partial charge in [0.1, 0.15) is 0 Å². The highest BCUT2D eigenvalue weighted by Crippen LogP contribution is 2.23. The Balaban J connectivity index is 0.00000288. The zero-order valence-electron chi connectivity index (χ0n) is 14.4. The van der Waals surface area contributed by atoms with Gasteiger partial charge < -0.3 is 20.3 Å². The summed E-state index contributed by atoms with van der Waals surface area (Å²) >= 11 is 6.08. The first kappa shape index (κ1) is 21.3. The average molecular weight is 467 g/mol. The van der Waals surface area contributed by atoms with E-state index in [1.807, 2.05) is 32.2 Å². The summed E-state index contributed by atoms with van der Waals surface area (Å²) in [5.41, 5.74) is 1.18. The fraction of sp³-hybridized carbons (Fsp3) is 0.588. The lowest BCUT2D eigenvalue weighted by Crippen LogP contribution is -2.45. The molecule has 1 aliphatic rings. The second-order valence-electron chi connectivity index (χ2n) is 5.61. The van der Waals surface area contributed by atoms with Gasteiger partial charge in [-0.1, -0.05) is 17.7 Å². The summed E-state index contributed by atoms with van der Waals surface area (Å²) in [4.78, 5) is 6.65. The number of nitrogens with one attached hydrogen (secondary N) is 2. The fourth-order valence-electron chi connectivity index (χ4n) is 2.70. The van der Waals surface area contributed by atoms with Crippen LogP contribution in [0.4, 0.5) is 5.69 Å². The summed E-state index contributed by atoms with van der Waals surface area (Å²) in [5.74, 6) is 0.861. The maximum atomic E-state index is 6.08. The third kappa shape index (κ3) is 7.03. The Morgan fingerprint density at radius 2 is 2.29 bits per heavy atom. The van der Waals surface area contributed by atoms with Gasteiger partial charge in [0.25, 0.3) is 0 Å². The van der Waals surface area contributed by atoms with Crippen LogP contribution in [0.5, 0.6) is 0 Å². The number of aliphatic imine (C=N–C) groups is 1. The van der Waals surface area contributed by atoms with Gasteiger partial charge in [-0.3, -0.25) is 4.99 Å². The predicted molar refractivity (Wildman–Crippen MR) is 113 cm³/mol. The van der Waals surface area contributed by atoms with Gasteiger partial charge in [-0.05, 0) is 38.0 Å². The number of benzene rings is 1. The minimum absolute atomic E-state index is 0. The SMILES string of the molecule is CCOCCCNC(=NC)NC1CCN(c2cccc(Cl)c2)C1.I. The van der Waals surface area contributed by atoms with E-state index in [0.29, 0.717) is 6.04 Å². The molecule has 0 bridgehead atoms. The Hall–Kier alpha value is -0.730. The molecule has 1 atom stereocenters. The standard InChI is InChI=1S/C17H27ClN4O.HI/c1-3-23-11-5-9-20-17(19-2)21-15-8-10-22(13-15)16-7-4-6-14(18)12-16;/h4,6-7,12,15H,3,5,8-11,13H2,1-2H3,(H2,19,20,21);1H. The number of hydrogen-bond acceptors (Lipinski definition) is 3. The van der Waals surface area contributed by atoms with E-state index in [9.17, 15) is 0 Å². The zero-order chi connectivity index (χ0) is 16.5. The van der Waals surface area contributed by atoms with E-state index in [1.54, 1.807) is 0 Å². The van der Waals surface area contributed by atoms with E-state index in [1.165, 1.54) is 5.69 Å². The second-order valence-corrected chi connectivity index (χ2v) is 6.04. The minimum Gasteiger partial charge on any atom is -0.382 e. The maximum absolute atomic E-state index is 6.08. The van der Waals surface area contributed by atoms with Crippen LogP contribution in [-0.4, -0.2) is 51.9 Å². The Labute approximate surface area is 167 Å². The summed E-state index contributed by atoms with van der Waals surface area (Å²) in [6, 6.07) is 8.43. The van der Waals surface area contributed by atoms with Crippen molar-refractivity contribution in [3.63, 3.8) is 0 Å². The highest BCUT2D eigenvalue weighted by molar-refractivity contribution is 14.0. The lowest BCUT2D eigenvalue weighted by Gasteiger charge is -2.20. The number of anilines is 1. The van der Waals surface area contributed by atoms with Gasteiger partial charge in [0.05, 0.1) is 0 Å². The predicted octanol–water partition coefficient (Wildman–Crippen LogP) is 3.13. The van der Waals surface area contributed by atoms with E-state index < -0.39 is 0 Å². The molecule has 1 fully saturated rings. The molecule has 1 heterocycles. The second kappa shape index (κ2) is 11.8. The fourth-order valence-corrected chi connectivity index (χ4v) is 2.88. The molecule has 136 valence electrons. The van der Waals surface area contributed by atoms with Crippen molar-refractivity contribution in [3.05, 3.63) is 29.3 Å². The van der Waals surface area contributed by atoms with Crippen LogP contribution in [0.25, 0.3) is 0 Å². The highest BCUT2D eigenvalue weighted by atomic mass is 127. The molecule has 1 aliphatic heterocycles. The smallest absolute Gasteiger partial charge is 0.191 e. The molecule has 2 N–H and O–H groups in total. The number of hydrogen-bond donors (Lipinski definition) is 2. The molecule has 0 aliphatic carbocycles. The van der Waals surface area contributed by atoms with Gasteiger partial charge >= 0.3 is 0 Å². The molecule has 1 aromatic rings. The van der Waals surface area contributed by atoms with Crippen LogP contribution in [0.2, 0.25) is 5.02 Å². The molecule has 1 unspecified atom stereocenters. The van der Waals surface area contributed by atoms with Gasteiger partial charge in [-0.15, -0.1) is 24.0 Å². The van der Waals surface area contributed by atoms with Crippen molar-refractivity contribution in [2.45, 2.75) is 25.8 Å². The molecule has 0 aromatic heterocycles. The Bertz CT molecular complexity index is 515. The Morgan fingerprint density at radius 3 is 3.00 bits per heavy atom. The van der Waals surface area contributed by atoms with Crippen LogP contribution < -0.4 is 15.5 Å². The lowest BCUT2D eigenvalue weighted by molar-refractivity contribution is 0.145. The molecule has 2 rings (SSSR count). The summed E-state index contributed by atoms with van der Waals surface area (Å²) in [6.45, 7) is 6.42. The average Bonchev–Trinajstić information content (AvgIpc) is 3.02. The van der Waals surface area contributed by atoms with Crippen LogP contribution in [-0.2, 0) is 4.74 Å². The van der Waals surface area contributed by atoms with Gasteiger partial charge in [0.2, 0.25) is 0 Å². The van der Waals surface area contributed by atoms with Crippen molar-refractivity contribution in [3.8, 4) is 0 Å². The third-order valence-corrected chi connectivity index (χ3v) is 4.12. The quantitative estimate of drug-likeness (QED) is 0.281. The van der Waals surface area contributed by atoms with E-state index in [-0.39, 0.29) is 24.0 Å². The molecule has 0 radical (unpaired) electrons. The van der Waals surface area contributed by atoms with E-state index in [0.717, 1.165) is 56.7 Å². The summed E-state index contributed by atoms with van der Waals surface area (Å²) in [5, 5.41) is 7.62.